The number of carbonyl (C=O) groups is 2. The Morgan fingerprint density at radius 2 is 1.67 bits per heavy atom. The SMILES string of the molecule is CCc1ccc(C(=O)O)c(C(=O)O)c1C(C)(C)C. The van der Waals surface area contributed by atoms with Crippen molar-refractivity contribution in [3.05, 3.63) is 34.4 Å². The van der Waals surface area contributed by atoms with Gasteiger partial charge in [0.1, 0.15) is 0 Å². The molecule has 0 fully saturated rings. The van der Waals surface area contributed by atoms with Crippen LogP contribution in [0, 0.1) is 0 Å². The van der Waals surface area contributed by atoms with Crippen LogP contribution in [0.2, 0.25) is 0 Å². The normalized spacial score (nSPS) is 11.3. The second kappa shape index (κ2) is 4.80. The van der Waals surface area contributed by atoms with E-state index in [2.05, 4.69) is 0 Å². The van der Waals surface area contributed by atoms with Crippen LogP contribution < -0.4 is 0 Å². The van der Waals surface area contributed by atoms with Gasteiger partial charge in [0.2, 0.25) is 0 Å². The summed E-state index contributed by atoms with van der Waals surface area (Å²) in [6, 6.07) is 3.08. The topological polar surface area (TPSA) is 74.6 Å². The van der Waals surface area contributed by atoms with Crippen molar-refractivity contribution in [2.75, 3.05) is 0 Å². The Hall–Kier alpha value is -1.84. The van der Waals surface area contributed by atoms with Crippen molar-refractivity contribution in [1.82, 2.24) is 0 Å². The summed E-state index contributed by atoms with van der Waals surface area (Å²) in [5.41, 5.74) is 0.839. The standard InChI is InChI=1S/C14H18O4/c1-5-8-6-7-9(12(15)16)10(13(17)18)11(8)14(2,3)4/h6-7H,5H2,1-4H3,(H,15,16)(H,17,18). The monoisotopic (exact) mass is 250 g/mol. The first-order chi connectivity index (χ1) is 8.20. The third-order valence-corrected chi connectivity index (χ3v) is 2.87. The molecule has 0 atom stereocenters. The summed E-state index contributed by atoms with van der Waals surface area (Å²) in [4.78, 5) is 22.5. The molecule has 0 spiro atoms. The quantitative estimate of drug-likeness (QED) is 0.864. The van der Waals surface area contributed by atoms with Crippen LogP contribution in [0.3, 0.4) is 0 Å². The van der Waals surface area contributed by atoms with E-state index >= 15 is 0 Å². The van der Waals surface area contributed by atoms with Crippen molar-refractivity contribution in [2.24, 2.45) is 0 Å². The lowest BCUT2D eigenvalue weighted by Gasteiger charge is -2.25. The van der Waals surface area contributed by atoms with Crippen LogP contribution in [0.4, 0.5) is 0 Å². The molecule has 0 saturated carbocycles. The molecule has 0 heterocycles. The van der Waals surface area contributed by atoms with Crippen molar-refractivity contribution in [1.29, 1.82) is 0 Å². The van der Waals surface area contributed by atoms with Gasteiger partial charge in [-0.15, -0.1) is 0 Å². The zero-order valence-electron chi connectivity index (χ0n) is 11.1. The highest BCUT2D eigenvalue weighted by Crippen LogP contribution is 2.32. The van der Waals surface area contributed by atoms with Gasteiger partial charge in [-0.25, -0.2) is 9.59 Å². The number of hydrogen-bond acceptors (Lipinski definition) is 2. The molecule has 0 aliphatic rings. The molecule has 18 heavy (non-hydrogen) atoms. The Balaban J connectivity index is 3.76. The Labute approximate surface area is 106 Å². The van der Waals surface area contributed by atoms with E-state index in [0.29, 0.717) is 12.0 Å². The molecule has 0 amide bonds. The molecule has 1 aromatic rings. The molecule has 0 aliphatic carbocycles. The number of hydrogen-bond donors (Lipinski definition) is 2. The Morgan fingerprint density at radius 1 is 1.11 bits per heavy atom. The first-order valence-corrected chi connectivity index (χ1v) is 5.83. The minimum atomic E-state index is -1.21. The van der Waals surface area contributed by atoms with Gasteiger partial charge in [0, 0.05) is 0 Å². The lowest BCUT2D eigenvalue weighted by Crippen LogP contribution is -2.22. The van der Waals surface area contributed by atoms with Gasteiger partial charge < -0.3 is 10.2 Å². The number of aryl methyl sites for hydroxylation is 1. The van der Waals surface area contributed by atoms with Gasteiger partial charge in [-0.1, -0.05) is 33.8 Å². The van der Waals surface area contributed by atoms with Crippen LogP contribution >= 0.6 is 0 Å². The molecule has 0 aromatic heterocycles. The molecule has 1 rings (SSSR count). The summed E-state index contributed by atoms with van der Waals surface area (Å²) < 4.78 is 0. The zero-order valence-corrected chi connectivity index (χ0v) is 11.1. The second-order valence-electron chi connectivity index (χ2n) is 5.24. The third kappa shape index (κ3) is 2.53. The predicted octanol–water partition coefficient (Wildman–Crippen LogP) is 2.94. The number of carboxylic acid groups (broad SMARTS) is 2. The van der Waals surface area contributed by atoms with E-state index in [-0.39, 0.29) is 11.1 Å². The highest BCUT2D eigenvalue weighted by atomic mass is 16.4. The van der Waals surface area contributed by atoms with E-state index in [1.807, 2.05) is 27.7 Å². The summed E-state index contributed by atoms with van der Waals surface area (Å²) in [6.45, 7) is 7.59. The predicted molar refractivity (Wildman–Crippen MR) is 68.4 cm³/mol. The zero-order chi connectivity index (χ0) is 14.1. The van der Waals surface area contributed by atoms with Crippen LogP contribution in [0.25, 0.3) is 0 Å². The molecule has 0 unspecified atom stereocenters. The molecule has 4 nitrogen and oxygen atoms in total. The lowest BCUT2D eigenvalue weighted by atomic mass is 9.78. The van der Waals surface area contributed by atoms with Crippen LogP contribution in [-0.4, -0.2) is 22.2 Å². The Morgan fingerprint density at radius 3 is 2.00 bits per heavy atom. The fraction of sp³-hybridized carbons (Fsp3) is 0.429. The summed E-state index contributed by atoms with van der Waals surface area (Å²) in [6.07, 6.45) is 0.673. The molecular weight excluding hydrogens is 232 g/mol. The van der Waals surface area contributed by atoms with Gasteiger partial charge in [-0.2, -0.15) is 0 Å². The number of carboxylic acids is 2. The van der Waals surface area contributed by atoms with Crippen molar-refractivity contribution >= 4 is 11.9 Å². The average molecular weight is 250 g/mol. The second-order valence-corrected chi connectivity index (χ2v) is 5.24. The van der Waals surface area contributed by atoms with E-state index in [1.165, 1.54) is 6.07 Å². The largest absolute Gasteiger partial charge is 0.478 e. The first kappa shape index (κ1) is 14.2. The first-order valence-electron chi connectivity index (χ1n) is 5.83. The molecule has 0 aliphatic heterocycles. The third-order valence-electron chi connectivity index (χ3n) is 2.87. The summed E-state index contributed by atoms with van der Waals surface area (Å²) in [5, 5.41) is 18.4. The van der Waals surface area contributed by atoms with Gasteiger partial charge >= 0.3 is 11.9 Å². The van der Waals surface area contributed by atoms with Gasteiger partial charge in [0.05, 0.1) is 11.1 Å². The summed E-state index contributed by atoms with van der Waals surface area (Å²) in [7, 11) is 0. The maximum atomic E-state index is 11.4. The van der Waals surface area contributed by atoms with Gasteiger partial charge in [-0.3, -0.25) is 0 Å². The fourth-order valence-corrected chi connectivity index (χ4v) is 2.20. The number of benzene rings is 1. The number of rotatable bonds is 3. The lowest BCUT2D eigenvalue weighted by molar-refractivity contribution is 0.0649. The van der Waals surface area contributed by atoms with Crippen LogP contribution in [-0.2, 0) is 11.8 Å². The highest BCUT2D eigenvalue weighted by molar-refractivity contribution is 6.03. The summed E-state index contributed by atoms with van der Waals surface area (Å²) in [5.74, 6) is -2.40. The van der Waals surface area contributed by atoms with E-state index < -0.39 is 17.4 Å². The molecule has 4 heteroatoms. The van der Waals surface area contributed by atoms with Crippen molar-refractivity contribution < 1.29 is 19.8 Å². The molecule has 0 bridgehead atoms. The van der Waals surface area contributed by atoms with Crippen LogP contribution in [0.1, 0.15) is 59.5 Å². The fourth-order valence-electron chi connectivity index (χ4n) is 2.20. The summed E-state index contributed by atoms with van der Waals surface area (Å²) >= 11 is 0. The van der Waals surface area contributed by atoms with Crippen molar-refractivity contribution in [2.45, 2.75) is 39.5 Å². The number of aromatic carboxylic acids is 2. The minimum absolute atomic E-state index is 0.0886. The highest BCUT2D eigenvalue weighted by Gasteiger charge is 2.29. The van der Waals surface area contributed by atoms with Gasteiger partial charge in [0.15, 0.2) is 0 Å². The maximum absolute atomic E-state index is 11.4. The van der Waals surface area contributed by atoms with Crippen molar-refractivity contribution in [3.63, 3.8) is 0 Å². The van der Waals surface area contributed by atoms with E-state index in [1.54, 1.807) is 6.07 Å². The smallest absolute Gasteiger partial charge is 0.336 e. The van der Waals surface area contributed by atoms with E-state index in [9.17, 15) is 14.7 Å². The van der Waals surface area contributed by atoms with Gasteiger partial charge in [-0.05, 0) is 29.0 Å². The average Bonchev–Trinajstić information content (AvgIpc) is 2.25. The Bertz CT molecular complexity index is 495. The van der Waals surface area contributed by atoms with Crippen LogP contribution in [0.15, 0.2) is 12.1 Å². The molecule has 1 aromatic carbocycles. The molecule has 98 valence electrons. The maximum Gasteiger partial charge on any atom is 0.336 e. The van der Waals surface area contributed by atoms with Gasteiger partial charge in [0.25, 0.3) is 0 Å². The molecular formula is C14H18O4. The van der Waals surface area contributed by atoms with Crippen LogP contribution in [0.5, 0.6) is 0 Å². The molecule has 0 saturated heterocycles. The van der Waals surface area contributed by atoms with E-state index in [0.717, 1.165) is 5.56 Å². The van der Waals surface area contributed by atoms with Crippen molar-refractivity contribution in [3.8, 4) is 0 Å². The molecule has 2 N–H and O–H groups in total. The minimum Gasteiger partial charge on any atom is -0.478 e. The molecule has 0 radical (unpaired) electrons. The Kier molecular flexibility index (Phi) is 3.79. The van der Waals surface area contributed by atoms with E-state index in [4.69, 9.17) is 5.11 Å².